The zero-order chi connectivity index (χ0) is 22.2. The summed E-state index contributed by atoms with van der Waals surface area (Å²) >= 11 is 0. The van der Waals surface area contributed by atoms with Crippen LogP contribution in [-0.2, 0) is 0 Å². The molecule has 3 rings (SSSR count). The molecule has 8 nitrogen and oxygen atoms in total. The van der Waals surface area contributed by atoms with Crippen molar-refractivity contribution in [2.45, 2.75) is 25.0 Å². The van der Waals surface area contributed by atoms with Crippen LogP contribution in [0.4, 0.5) is 10.5 Å². The third-order valence-corrected chi connectivity index (χ3v) is 5.52. The molecule has 0 bridgehead atoms. The van der Waals surface area contributed by atoms with Crippen molar-refractivity contribution in [1.29, 1.82) is 0 Å². The van der Waals surface area contributed by atoms with E-state index in [1.807, 2.05) is 24.3 Å². The van der Waals surface area contributed by atoms with Gasteiger partial charge < -0.3 is 34.9 Å². The van der Waals surface area contributed by atoms with Crippen molar-refractivity contribution in [2.75, 3.05) is 45.9 Å². The van der Waals surface area contributed by atoms with Crippen molar-refractivity contribution in [1.82, 2.24) is 10.6 Å². The Bertz CT molecular complexity index is 851. The lowest BCUT2D eigenvalue weighted by Crippen LogP contribution is -2.48. The van der Waals surface area contributed by atoms with Gasteiger partial charge in [0.1, 0.15) is 23.4 Å². The summed E-state index contributed by atoms with van der Waals surface area (Å²) in [5, 5.41) is 16.3. The average molecular weight is 430 g/mol. The molecule has 2 aromatic rings. The number of aliphatic hydroxyl groups is 1. The molecule has 168 valence electrons. The highest BCUT2D eigenvalue weighted by Gasteiger charge is 2.22. The summed E-state index contributed by atoms with van der Waals surface area (Å²) in [5.74, 6) is 2.00. The van der Waals surface area contributed by atoms with Gasteiger partial charge in [-0.15, -0.1) is 0 Å². The number of anilines is 1. The van der Waals surface area contributed by atoms with Gasteiger partial charge >= 0.3 is 6.03 Å². The molecule has 1 aliphatic heterocycles. The summed E-state index contributed by atoms with van der Waals surface area (Å²) in [6.07, 6.45) is 0.796. The van der Waals surface area contributed by atoms with Gasteiger partial charge in [-0.1, -0.05) is 0 Å². The number of amides is 2. The Balaban J connectivity index is 1.45. The SMILES string of the molecule is COc1ccc(N2CCC(NC(=O)NCC(O)c3cc(OC)ccc3OC)CC2)cc1. The Labute approximate surface area is 183 Å². The van der Waals surface area contributed by atoms with Crippen LogP contribution < -0.4 is 29.7 Å². The monoisotopic (exact) mass is 429 g/mol. The van der Waals surface area contributed by atoms with Gasteiger partial charge in [-0.05, 0) is 55.3 Å². The van der Waals surface area contributed by atoms with Crippen LogP contribution in [0.2, 0.25) is 0 Å². The summed E-state index contributed by atoms with van der Waals surface area (Å²) < 4.78 is 15.7. The van der Waals surface area contributed by atoms with E-state index >= 15 is 0 Å². The summed E-state index contributed by atoms with van der Waals surface area (Å²) in [4.78, 5) is 14.6. The van der Waals surface area contributed by atoms with Gasteiger partial charge in [0, 0.05) is 36.9 Å². The summed E-state index contributed by atoms with van der Waals surface area (Å²) in [5.41, 5.74) is 1.72. The minimum absolute atomic E-state index is 0.0695. The normalized spacial score (nSPS) is 15.2. The maximum Gasteiger partial charge on any atom is 0.315 e. The average Bonchev–Trinajstić information content (AvgIpc) is 2.82. The Kier molecular flexibility index (Phi) is 7.83. The van der Waals surface area contributed by atoms with Crippen LogP contribution in [0, 0.1) is 0 Å². The molecular formula is C23H31N3O5. The number of urea groups is 1. The second-order valence-electron chi connectivity index (χ2n) is 7.44. The van der Waals surface area contributed by atoms with Crippen molar-refractivity contribution >= 4 is 11.7 Å². The molecule has 1 atom stereocenters. The zero-order valence-corrected chi connectivity index (χ0v) is 18.3. The highest BCUT2D eigenvalue weighted by Crippen LogP contribution is 2.29. The fourth-order valence-electron chi connectivity index (χ4n) is 3.71. The quantitative estimate of drug-likeness (QED) is 0.598. The number of aliphatic hydroxyl groups excluding tert-OH is 1. The molecule has 2 aromatic carbocycles. The van der Waals surface area contributed by atoms with E-state index in [4.69, 9.17) is 14.2 Å². The molecule has 8 heteroatoms. The number of carbonyl (C=O) groups excluding carboxylic acids is 1. The molecule has 3 N–H and O–H groups in total. The van der Waals surface area contributed by atoms with E-state index in [9.17, 15) is 9.90 Å². The van der Waals surface area contributed by atoms with E-state index in [0.717, 1.165) is 37.4 Å². The van der Waals surface area contributed by atoms with Crippen LogP contribution in [-0.4, -0.2) is 58.1 Å². The number of carbonyl (C=O) groups is 1. The molecule has 1 heterocycles. The molecule has 0 spiro atoms. The Hall–Kier alpha value is -3.13. The molecule has 1 aliphatic rings. The van der Waals surface area contributed by atoms with E-state index in [1.165, 1.54) is 7.11 Å². The minimum Gasteiger partial charge on any atom is -0.497 e. The van der Waals surface area contributed by atoms with Gasteiger partial charge in [-0.3, -0.25) is 0 Å². The van der Waals surface area contributed by atoms with Gasteiger partial charge in [0.25, 0.3) is 0 Å². The van der Waals surface area contributed by atoms with E-state index in [2.05, 4.69) is 15.5 Å². The van der Waals surface area contributed by atoms with Crippen molar-refractivity contribution in [3.63, 3.8) is 0 Å². The Morgan fingerprint density at radius 2 is 1.68 bits per heavy atom. The molecule has 0 radical (unpaired) electrons. The number of benzene rings is 2. The molecule has 31 heavy (non-hydrogen) atoms. The number of hydrogen-bond acceptors (Lipinski definition) is 6. The third kappa shape index (κ3) is 5.95. The molecule has 0 aliphatic carbocycles. The molecule has 2 amide bonds. The van der Waals surface area contributed by atoms with Crippen LogP contribution in [0.1, 0.15) is 24.5 Å². The van der Waals surface area contributed by atoms with E-state index in [-0.39, 0.29) is 18.6 Å². The summed E-state index contributed by atoms with van der Waals surface area (Å²) in [7, 11) is 4.75. The second-order valence-corrected chi connectivity index (χ2v) is 7.44. The highest BCUT2D eigenvalue weighted by atomic mass is 16.5. The fourth-order valence-corrected chi connectivity index (χ4v) is 3.71. The van der Waals surface area contributed by atoms with E-state index in [1.54, 1.807) is 32.4 Å². The van der Waals surface area contributed by atoms with Crippen LogP contribution in [0.25, 0.3) is 0 Å². The van der Waals surface area contributed by atoms with Gasteiger partial charge in [-0.25, -0.2) is 4.79 Å². The molecule has 1 fully saturated rings. The van der Waals surface area contributed by atoms with Crippen LogP contribution >= 0.6 is 0 Å². The largest absolute Gasteiger partial charge is 0.497 e. The number of ether oxygens (including phenoxy) is 3. The molecular weight excluding hydrogens is 398 g/mol. The first-order chi connectivity index (χ1) is 15.0. The van der Waals surface area contributed by atoms with E-state index < -0.39 is 6.10 Å². The number of rotatable bonds is 8. The van der Waals surface area contributed by atoms with Gasteiger partial charge in [0.2, 0.25) is 0 Å². The number of nitrogens with zero attached hydrogens (tertiary/aromatic N) is 1. The number of methoxy groups -OCH3 is 3. The first-order valence-corrected chi connectivity index (χ1v) is 10.4. The Morgan fingerprint density at radius 3 is 2.29 bits per heavy atom. The van der Waals surface area contributed by atoms with E-state index in [0.29, 0.717) is 17.1 Å². The van der Waals surface area contributed by atoms with Gasteiger partial charge in [0.05, 0.1) is 21.3 Å². The highest BCUT2D eigenvalue weighted by molar-refractivity contribution is 5.74. The van der Waals surface area contributed by atoms with Crippen LogP contribution in [0.3, 0.4) is 0 Å². The first-order valence-electron chi connectivity index (χ1n) is 10.4. The third-order valence-electron chi connectivity index (χ3n) is 5.52. The number of piperidine rings is 1. The number of nitrogens with one attached hydrogen (secondary N) is 2. The zero-order valence-electron chi connectivity index (χ0n) is 18.3. The summed E-state index contributed by atoms with van der Waals surface area (Å²) in [6.45, 7) is 1.79. The van der Waals surface area contributed by atoms with Crippen molar-refractivity contribution in [2.24, 2.45) is 0 Å². The Morgan fingerprint density at radius 1 is 1.03 bits per heavy atom. The van der Waals surface area contributed by atoms with Gasteiger partial charge in [0.15, 0.2) is 0 Å². The summed E-state index contributed by atoms with van der Waals surface area (Å²) in [6, 6.07) is 13.0. The minimum atomic E-state index is -0.910. The predicted octanol–water partition coefficient (Wildman–Crippen LogP) is 2.71. The lowest BCUT2D eigenvalue weighted by molar-refractivity contribution is 0.168. The molecule has 0 saturated carbocycles. The lowest BCUT2D eigenvalue weighted by Gasteiger charge is -2.34. The topological polar surface area (TPSA) is 92.3 Å². The molecule has 0 aromatic heterocycles. The predicted molar refractivity (Wildman–Crippen MR) is 119 cm³/mol. The maximum atomic E-state index is 12.3. The first kappa shape index (κ1) is 22.6. The smallest absolute Gasteiger partial charge is 0.315 e. The van der Waals surface area contributed by atoms with Crippen LogP contribution in [0.15, 0.2) is 42.5 Å². The lowest BCUT2D eigenvalue weighted by atomic mass is 10.0. The molecule has 1 unspecified atom stereocenters. The molecule has 1 saturated heterocycles. The second kappa shape index (κ2) is 10.8. The van der Waals surface area contributed by atoms with Gasteiger partial charge in [-0.2, -0.15) is 0 Å². The van der Waals surface area contributed by atoms with Crippen molar-refractivity contribution < 1.29 is 24.1 Å². The van der Waals surface area contributed by atoms with Crippen LogP contribution in [0.5, 0.6) is 17.2 Å². The number of hydrogen-bond donors (Lipinski definition) is 3. The van der Waals surface area contributed by atoms with Crippen molar-refractivity contribution in [3.05, 3.63) is 48.0 Å². The fraction of sp³-hybridized carbons (Fsp3) is 0.435. The maximum absolute atomic E-state index is 12.3. The van der Waals surface area contributed by atoms with Crippen molar-refractivity contribution in [3.8, 4) is 17.2 Å². The standard InChI is InChI=1S/C23H31N3O5/c1-29-18-6-4-17(5-7-18)26-12-10-16(11-13-26)25-23(28)24-15-21(27)20-14-19(30-2)8-9-22(20)31-3/h4-9,14,16,21,27H,10-13,15H2,1-3H3,(H2,24,25,28).